The third-order valence-corrected chi connectivity index (χ3v) is 0.607. The minimum Gasteiger partial charge on any atom is -0.455 e. The first kappa shape index (κ1) is 7.47. The number of carbonyl (C=O) groups is 1. The van der Waals surface area contributed by atoms with Gasteiger partial charge in [-0.2, -0.15) is 0 Å². The van der Waals surface area contributed by atoms with Crippen LogP contribution < -0.4 is 0 Å². The molecular formula is C6H11O2. The molecule has 0 N–H and O–H groups in total. The Morgan fingerprint density at radius 2 is 2.00 bits per heavy atom. The largest absolute Gasteiger partial charge is 0.455 e. The zero-order valence-corrected chi connectivity index (χ0v) is 5.52. The molecule has 0 bridgehead atoms. The highest BCUT2D eigenvalue weighted by molar-refractivity contribution is 5.69. The molecule has 2 nitrogen and oxygen atoms in total. The minimum absolute atomic E-state index is 0.162. The van der Waals surface area contributed by atoms with E-state index in [1.165, 1.54) is 0 Å². The lowest BCUT2D eigenvalue weighted by molar-refractivity contribution is -0.141. The van der Waals surface area contributed by atoms with Crippen molar-refractivity contribution in [1.82, 2.24) is 0 Å². The highest BCUT2D eigenvalue weighted by Gasteiger charge is 2.00. The average molecular weight is 115 g/mol. The highest BCUT2D eigenvalue weighted by Crippen LogP contribution is 1.98. The quantitative estimate of drug-likeness (QED) is 0.510. The molecule has 0 amide bonds. The normalized spacial score (nSPS) is 9.50. The Kier molecular flexibility index (Phi) is 3.24. The molecule has 0 aromatic carbocycles. The predicted molar refractivity (Wildman–Crippen MR) is 31.0 cm³/mol. The van der Waals surface area contributed by atoms with Gasteiger partial charge in [0.25, 0.3) is 0 Å². The van der Waals surface area contributed by atoms with Gasteiger partial charge in [0.1, 0.15) is 6.10 Å². The fourth-order valence-corrected chi connectivity index (χ4v) is 0.300. The molecule has 0 aromatic heterocycles. The predicted octanol–water partition coefficient (Wildman–Crippen LogP) is 1.51. The first-order valence-corrected chi connectivity index (χ1v) is 2.67. The topological polar surface area (TPSA) is 26.3 Å². The number of esters is 1. The second-order valence-corrected chi connectivity index (χ2v) is 1.74. The summed E-state index contributed by atoms with van der Waals surface area (Å²) in [5.74, 6) is -0.162. The van der Waals surface area contributed by atoms with E-state index in [1.807, 2.05) is 0 Å². The maximum absolute atomic E-state index is 10.4. The second-order valence-electron chi connectivity index (χ2n) is 1.74. The van der Waals surface area contributed by atoms with Crippen molar-refractivity contribution in [1.29, 1.82) is 0 Å². The third-order valence-electron chi connectivity index (χ3n) is 0.607. The molecule has 0 spiro atoms. The summed E-state index contributed by atoms with van der Waals surface area (Å²) in [6.45, 7) is 5.28. The Labute approximate surface area is 49.8 Å². The third kappa shape index (κ3) is 3.65. The van der Waals surface area contributed by atoms with Gasteiger partial charge in [-0.25, -0.2) is 0 Å². The van der Waals surface area contributed by atoms with Gasteiger partial charge in [-0.05, 0) is 13.8 Å². The molecule has 0 aliphatic rings. The Morgan fingerprint density at radius 3 is 2.12 bits per heavy atom. The van der Waals surface area contributed by atoms with Crippen molar-refractivity contribution in [3.8, 4) is 0 Å². The van der Waals surface area contributed by atoms with Crippen molar-refractivity contribution < 1.29 is 9.53 Å². The number of rotatable bonds is 2. The fraction of sp³-hybridized carbons (Fsp3) is 0.667. The Balaban J connectivity index is 3.25. The summed E-state index contributed by atoms with van der Waals surface area (Å²) in [6, 6.07) is 0. The average Bonchev–Trinajstić information content (AvgIpc) is 1.65. The molecule has 0 saturated heterocycles. The van der Waals surface area contributed by atoms with Gasteiger partial charge < -0.3 is 4.74 Å². The van der Waals surface area contributed by atoms with Gasteiger partial charge in [0, 0.05) is 6.42 Å². The molecule has 0 atom stereocenters. The minimum atomic E-state index is -0.162. The molecule has 0 rings (SSSR count). The van der Waals surface area contributed by atoms with Crippen LogP contribution in [0.5, 0.6) is 0 Å². The van der Waals surface area contributed by atoms with Crippen molar-refractivity contribution in [2.24, 2.45) is 0 Å². The van der Waals surface area contributed by atoms with Crippen LogP contribution in [0.15, 0.2) is 0 Å². The van der Waals surface area contributed by atoms with Crippen molar-refractivity contribution >= 4 is 5.97 Å². The summed E-state index contributed by atoms with van der Waals surface area (Å²) in [4.78, 5) is 10.4. The zero-order valence-electron chi connectivity index (χ0n) is 5.52. The first-order valence-electron chi connectivity index (χ1n) is 2.67. The van der Waals surface area contributed by atoms with Crippen LogP contribution in [0.4, 0.5) is 0 Å². The smallest absolute Gasteiger partial charge is 0.306 e. The fourth-order valence-electron chi connectivity index (χ4n) is 0.300. The summed E-state index contributed by atoms with van der Waals surface area (Å²) in [5, 5.41) is 0. The summed E-state index contributed by atoms with van der Waals surface area (Å²) < 4.78 is 4.68. The molecule has 1 radical (unpaired) electrons. The van der Waals surface area contributed by atoms with Gasteiger partial charge in [-0.1, -0.05) is 6.92 Å². The zero-order chi connectivity index (χ0) is 6.57. The molecule has 2 heteroatoms. The summed E-state index contributed by atoms with van der Waals surface area (Å²) in [5.41, 5.74) is 0. The number of hydrogen-bond acceptors (Lipinski definition) is 2. The van der Waals surface area contributed by atoms with E-state index >= 15 is 0 Å². The Morgan fingerprint density at radius 1 is 1.50 bits per heavy atom. The van der Waals surface area contributed by atoms with Crippen LogP contribution in [0.1, 0.15) is 27.2 Å². The number of ether oxygens (including phenoxy) is 1. The molecule has 0 saturated carbocycles. The first-order chi connectivity index (χ1) is 3.66. The van der Waals surface area contributed by atoms with E-state index < -0.39 is 0 Å². The van der Waals surface area contributed by atoms with Gasteiger partial charge in [0.15, 0.2) is 0 Å². The maximum Gasteiger partial charge on any atom is 0.306 e. The molecule has 47 valence electrons. The molecule has 0 heterocycles. The van der Waals surface area contributed by atoms with Crippen LogP contribution in [-0.4, -0.2) is 5.97 Å². The molecule has 0 aliphatic carbocycles. The SMILES string of the molecule is CCC(=O)O[C](C)C. The lowest BCUT2D eigenvalue weighted by Crippen LogP contribution is -2.03. The van der Waals surface area contributed by atoms with E-state index in [9.17, 15) is 4.79 Å². The van der Waals surface area contributed by atoms with Crippen LogP contribution in [0.2, 0.25) is 0 Å². The van der Waals surface area contributed by atoms with Crippen LogP contribution in [0, 0.1) is 6.10 Å². The molecule has 0 aliphatic heterocycles. The number of carbonyl (C=O) groups excluding carboxylic acids is 1. The maximum atomic E-state index is 10.4. The van der Waals surface area contributed by atoms with Crippen LogP contribution in [-0.2, 0) is 9.53 Å². The summed E-state index contributed by atoms with van der Waals surface area (Å²) in [6.07, 6.45) is 1.16. The van der Waals surface area contributed by atoms with Gasteiger partial charge in [-0.15, -0.1) is 0 Å². The molecule has 0 unspecified atom stereocenters. The van der Waals surface area contributed by atoms with E-state index in [0.29, 0.717) is 12.5 Å². The van der Waals surface area contributed by atoms with Gasteiger partial charge in [0.2, 0.25) is 0 Å². The lowest BCUT2D eigenvalue weighted by atomic mass is 10.4. The van der Waals surface area contributed by atoms with E-state index in [4.69, 9.17) is 0 Å². The Hall–Kier alpha value is -0.530. The van der Waals surface area contributed by atoms with Gasteiger partial charge >= 0.3 is 5.97 Å². The summed E-state index contributed by atoms with van der Waals surface area (Å²) in [7, 11) is 0. The van der Waals surface area contributed by atoms with Crippen LogP contribution >= 0.6 is 0 Å². The molecule has 0 fully saturated rings. The molecule has 0 aromatic rings. The monoisotopic (exact) mass is 115 g/mol. The van der Waals surface area contributed by atoms with Crippen molar-refractivity contribution in [2.45, 2.75) is 27.2 Å². The molecular weight excluding hydrogens is 104 g/mol. The second kappa shape index (κ2) is 3.47. The molecule has 8 heavy (non-hydrogen) atoms. The van der Waals surface area contributed by atoms with Crippen molar-refractivity contribution in [2.75, 3.05) is 0 Å². The van der Waals surface area contributed by atoms with E-state index in [0.717, 1.165) is 0 Å². The summed E-state index contributed by atoms with van der Waals surface area (Å²) >= 11 is 0. The van der Waals surface area contributed by atoms with Crippen molar-refractivity contribution in [3.63, 3.8) is 0 Å². The van der Waals surface area contributed by atoms with E-state index in [2.05, 4.69) is 4.74 Å². The number of hydrogen-bond donors (Lipinski definition) is 0. The Bertz CT molecular complexity index is 76.6. The van der Waals surface area contributed by atoms with Crippen LogP contribution in [0.3, 0.4) is 0 Å². The van der Waals surface area contributed by atoms with E-state index in [1.54, 1.807) is 20.8 Å². The van der Waals surface area contributed by atoms with Gasteiger partial charge in [0.05, 0.1) is 0 Å². The lowest BCUT2D eigenvalue weighted by Gasteiger charge is -2.02. The standard InChI is InChI=1S/C6H11O2/c1-4-6(7)8-5(2)3/h4H2,1-3H3. The van der Waals surface area contributed by atoms with Crippen LogP contribution in [0.25, 0.3) is 0 Å². The highest BCUT2D eigenvalue weighted by atomic mass is 16.5. The van der Waals surface area contributed by atoms with Crippen molar-refractivity contribution in [3.05, 3.63) is 6.10 Å². The van der Waals surface area contributed by atoms with Gasteiger partial charge in [-0.3, -0.25) is 4.79 Å². The van der Waals surface area contributed by atoms with E-state index in [-0.39, 0.29) is 5.97 Å².